The van der Waals surface area contributed by atoms with E-state index in [2.05, 4.69) is 0 Å². The minimum atomic E-state index is -0.958. The molecule has 10 heteroatoms. The Bertz CT molecular complexity index is 972. The third kappa shape index (κ3) is 3.92. The number of rotatable bonds is 5. The molecule has 10 nitrogen and oxygen atoms in total. The zero-order valence-corrected chi connectivity index (χ0v) is 16.7. The molecule has 2 aliphatic heterocycles. The third-order valence-corrected chi connectivity index (χ3v) is 4.99. The van der Waals surface area contributed by atoms with E-state index in [0.29, 0.717) is 37.6 Å². The van der Waals surface area contributed by atoms with E-state index in [1.165, 1.54) is 12.1 Å². The molecule has 2 aliphatic rings. The summed E-state index contributed by atoms with van der Waals surface area (Å²) in [7, 11) is 0. The molecule has 0 radical (unpaired) electrons. The van der Waals surface area contributed by atoms with Crippen molar-refractivity contribution < 1.29 is 23.9 Å². The van der Waals surface area contributed by atoms with Crippen molar-refractivity contribution in [1.29, 1.82) is 5.26 Å². The van der Waals surface area contributed by atoms with Gasteiger partial charge in [-0.25, -0.2) is 4.79 Å². The smallest absolute Gasteiger partial charge is 0.338 e. The number of nitrogens with zero attached hydrogens (tertiary/aromatic N) is 3. The van der Waals surface area contributed by atoms with Crippen LogP contribution in [-0.2, 0) is 19.0 Å². The molecule has 1 aromatic carbocycles. The van der Waals surface area contributed by atoms with Gasteiger partial charge in [-0.1, -0.05) is 0 Å². The number of nitro benzene ring substituents is 1. The average Bonchev–Trinajstić information content (AvgIpc) is 2.73. The Morgan fingerprint density at radius 3 is 2.73 bits per heavy atom. The number of benzene rings is 1. The van der Waals surface area contributed by atoms with Crippen LogP contribution >= 0.6 is 0 Å². The van der Waals surface area contributed by atoms with Crippen LogP contribution in [0.25, 0.3) is 0 Å². The molecule has 30 heavy (non-hydrogen) atoms. The van der Waals surface area contributed by atoms with Gasteiger partial charge in [-0.2, -0.15) is 5.26 Å². The number of esters is 1. The second kappa shape index (κ2) is 8.84. The summed E-state index contributed by atoms with van der Waals surface area (Å²) in [4.78, 5) is 25.7. The van der Waals surface area contributed by atoms with Crippen LogP contribution in [-0.4, -0.2) is 43.8 Å². The largest absolute Gasteiger partial charge is 0.463 e. The average molecular weight is 414 g/mol. The van der Waals surface area contributed by atoms with Crippen molar-refractivity contribution in [2.75, 3.05) is 37.8 Å². The summed E-state index contributed by atoms with van der Waals surface area (Å²) in [6.45, 7) is 5.44. The van der Waals surface area contributed by atoms with Crippen LogP contribution in [0.1, 0.15) is 25.3 Å². The minimum Gasteiger partial charge on any atom is -0.463 e. The van der Waals surface area contributed by atoms with Crippen molar-refractivity contribution in [3.63, 3.8) is 0 Å². The first-order valence-corrected chi connectivity index (χ1v) is 9.45. The van der Waals surface area contributed by atoms with Gasteiger partial charge in [-0.15, -0.1) is 0 Å². The SMILES string of the molecule is CCOC(=O)C1=C(C)OC(N)=C(C#N)C1c1cc([N+](=O)[O-])ccc1N1CCOCC1. The van der Waals surface area contributed by atoms with Gasteiger partial charge in [-0.05, 0) is 25.5 Å². The van der Waals surface area contributed by atoms with Crippen LogP contribution in [0.15, 0.2) is 41.0 Å². The number of non-ortho nitro benzene ring substituents is 1. The fourth-order valence-electron chi connectivity index (χ4n) is 3.64. The van der Waals surface area contributed by atoms with Gasteiger partial charge in [0.1, 0.15) is 17.4 Å². The Morgan fingerprint density at radius 2 is 2.13 bits per heavy atom. The highest BCUT2D eigenvalue weighted by molar-refractivity contribution is 5.93. The number of nitrogens with two attached hydrogens (primary N) is 1. The minimum absolute atomic E-state index is 0.00124. The van der Waals surface area contributed by atoms with Gasteiger partial charge in [0.05, 0.1) is 36.2 Å². The second-order valence-corrected chi connectivity index (χ2v) is 6.71. The summed E-state index contributed by atoms with van der Waals surface area (Å²) in [5.74, 6) is -1.58. The lowest BCUT2D eigenvalue weighted by atomic mass is 9.81. The zero-order valence-electron chi connectivity index (χ0n) is 16.7. The molecule has 1 saturated heterocycles. The molecule has 0 bridgehead atoms. The number of hydrogen-bond donors (Lipinski definition) is 1. The Balaban J connectivity index is 2.25. The molecule has 0 aliphatic carbocycles. The van der Waals surface area contributed by atoms with Gasteiger partial charge >= 0.3 is 5.97 Å². The summed E-state index contributed by atoms with van der Waals surface area (Å²) in [6, 6.07) is 6.39. The predicted octanol–water partition coefficient (Wildman–Crippen LogP) is 2.08. The van der Waals surface area contributed by atoms with E-state index in [0.717, 1.165) is 0 Å². The van der Waals surface area contributed by atoms with Crippen molar-refractivity contribution in [1.82, 2.24) is 0 Å². The first-order chi connectivity index (χ1) is 14.4. The van der Waals surface area contributed by atoms with Gasteiger partial charge < -0.3 is 24.8 Å². The van der Waals surface area contributed by atoms with Crippen LogP contribution in [0.2, 0.25) is 0 Å². The molecular formula is C20H22N4O6. The fraction of sp³-hybridized carbons (Fsp3) is 0.400. The van der Waals surface area contributed by atoms with E-state index in [1.54, 1.807) is 19.9 Å². The maximum atomic E-state index is 12.8. The summed E-state index contributed by atoms with van der Waals surface area (Å²) in [5.41, 5.74) is 6.95. The number of carbonyl (C=O) groups is 1. The Hall–Kier alpha value is -3.58. The third-order valence-electron chi connectivity index (χ3n) is 4.99. The van der Waals surface area contributed by atoms with Crippen molar-refractivity contribution >= 4 is 17.3 Å². The second-order valence-electron chi connectivity index (χ2n) is 6.71. The molecule has 0 saturated carbocycles. The van der Waals surface area contributed by atoms with Gasteiger partial charge in [0.2, 0.25) is 5.88 Å². The molecule has 2 heterocycles. The quantitative estimate of drug-likeness (QED) is 0.435. The molecule has 158 valence electrons. The van der Waals surface area contributed by atoms with Crippen LogP contribution < -0.4 is 10.6 Å². The van der Waals surface area contributed by atoms with Crippen molar-refractivity contribution in [2.24, 2.45) is 5.73 Å². The molecule has 0 amide bonds. The lowest BCUT2D eigenvalue weighted by Crippen LogP contribution is -2.37. The Labute approximate surface area is 173 Å². The summed E-state index contributed by atoms with van der Waals surface area (Å²) < 4.78 is 16.0. The molecule has 1 atom stereocenters. The van der Waals surface area contributed by atoms with Gasteiger partial charge in [0.25, 0.3) is 5.69 Å². The highest BCUT2D eigenvalue weighted by Gasteiger charge is 2.39. The Kier molecular flexibility index (Phi) is 6.23. The zero-order chi connectivity index (χ0) is 21.8. The van der Waals surface area contributed by atoms with Gasteiger partial charge in [-0.3, -0.25) is 10.1 Å². The number of anilines is 1. The number of carbonyl (C=O) groups excluding carboxylic acids is 1. The van der Waals surface area contributed by atoms with Gasteiger partial charge in [0, 0.05) is 30.9 Å². The number of ether oxygens (including phenoxy) is 3. The lowest BCUT2D eigenvalue weighted by Gasteiger charge is -2.34. The lowest BCUT2D eigenvalue weighted by molar-refractivity contribution is -0.384. The first-order valence-electron chi connectivity index (χ1n) is 9.45. The summed E-state index contributed by atoms with van der Waals surface area (Å²) in [6.07, 6.45) is 0. The van der Waals surface area contributed by atoms with E-state index in [4.69, 9.17) is 19.9 Å². The Morgan fingerprint density at radius 1 is 1.43 bits per heavy atom. The molecule has 1 unspecified atom stereocenters. The van der Waals surface area contributed by atoms with Crippen LogP contribution in [0.5, 0.6) is 0 Å². The number of hydrogen-bond acceptors (Lipinski definition) is 9. The highest BCUT2D eigenvalue weighted by Crippen LogP contribution is 2.44. The molecule has 1 fully saturated rings. The topological polar surface area (TPSA) is 141 Å². The van der Waals surface area contributed by atoms with E-state index < -0.39 is 16.8 Å². The fourth-order valence-corrected chi connectivity index (χ4v) is 3.64. The number of nitro groups is 1. The first kappa shape index (κ1) is 21.1. The maximum absolute atomic E-state index is 12.8. The van der Waals surface area contributed by atoms with Crippen molar-refractivity contribution in [3.8, 4) is 6.07 Å². The number of allylic oxidation sites excluding steroid dienone is 2. The monoisotopic (exact) mass is 414 g/mol. The molecule has 1 aromatic rings. The van der Waals surface area contributed by atoms with Crippen molar-refractivity contribution in [3.05, 3.63) is 56.7 Å². The van der Waals surface area contributed by atoms with E-state index in [-0.39, 0.29) is 35.1 Å². The van der Waals surface area contributed by atoms with E-state index >= 15 is 0 Å². The van der Waals surface area contributed by atoms with Crippen molar-refractivity contribution in [2.45, 2.75) is 19.8 Å². The molecule has 3 rings (SSSR count). The maximum Gasteiger partial charge on any atom is 0.338 e. The number of morpholine rings is 1. The van der Waals surface area contributed by atoms with E-state index in [1.807, 2.05) is 11.0 Å². The van der Waals surface area contributed by atoms with Crippen LogP contribution in [0, 0.1) is 21.4 Å². The molecule has 0 spiro atoms. The summed E-state index contributed by atoms with van der Waals surface area (Å²) >= 11 is 0. The highest BCUT2D eigenvalue weighted by atomic mass is 16.6. The van der Waals surface area contributed by atoms with Gasteiger partial charge in [0.15, 0.2) is 0 Å². The van der Waals surface area contributed by atoms with Crippen LogP contribution in [0.4, 0.5) is 11.4 Å². The summed E-state index contributed by atoms with van der Waals surface area (Å²) in [5, 5.41) is 21.2. The van der Waals surface area contributed by atoms with E-state index in [9.17, 15) is 20.2 Å². The normalized spacial score (nSPS) is 19.2. The standard InChI is InChI=1S/C20H22N4O6/c1-3-29-20(25)17-12(2)30-19(22)15(11-21)18(17)14-10-13(24(26)27)4-5-16(14)23-6-8-28-9-7-23/h4-5,10,18H,3,6-9,22H2,1-2H3. The molecular weight excluding hydrogens is 392 g/mol. The molecule has 0 aromatic heterocycles. The predicted molar refractivity (Wildman–Crippen MR) is 106 cm³/mol. The molecule has 2 N–H and O–H groups in total. The van der Waals surface area contributed by atoms with Crippen LogP contribution in [0.3, 0.4) is 0 Å². The number of nitriles is 1.